The maximum absolute atomic E-state index is 11.3. The summed E-state index contributed by atoms with van der Waals surface area (Å²) >= 11 is 0. The molecule has 9 heteroatoms. The number of nitrogens with one attached hydrogen (secondary N) is 2. The summed E-state index contributed by atoms with van der Waals surface area (Å²) in [5.41, 5.74) is 1.25. The van der Waals surface area contributed by atoms with Gasteiger partial charge in [0.15, 0.2) is 17.5 Å². The van der Waals surface area contributed by atoms with E-state index in [-0.39, 0.29) is 35.1 Å². The number of hydrogen-bond donors (Lipinski definition) is 2. The van der Waals surface area contributed by atoms with Crippen LogP contribution in [0.15, 0.2) is 23.2 Å². The predicted molar refractivity (Wildman–Crippen MR) is 133 cm³/mol. The van der Waals surface area contributed by atoms with Gasteiger partial charge >= 0.3 is 0 Å². The van der Waals surface area contributed by atoms with Crippen molar-refractivity contribution < 1.29 is 17.9 Å². The van der Waals surface area contributed by atoms with Crippen molar-refractivity contribution in [2.75, 3.05) is 46.4 Å². The molecule has 0 amide bonds. The molecule has 0 heterocycles. The maximum Gasteiger partial charge on any atom is 0.191 e. The average molecular weight is 554 g/mol. The summed E-state index contributed by atoms with van der Waals surface area (Å²) < 4.78 is 33.5. The van der Waals surface area contributed by atoms with Crippen molar-refractivity contribution in [1.29, 1.82) is 0 Å². The van der Waals surface area contributed by atoms with Crippen molar-refractivity contribution in [2.45, 2.75) is 43.9 Å². The van der Waals surface area contributed by atoms with Crippen LogP contribution in [0.5, 0.6) is 11.5 Å². The molecule has 0 radical (unpaired) electrons. The molecular formula is C21H36IN3O4S. The molecule has 0 spiro atoms. The van der Waals surface area contributed by atoms with Crippen LogP contribution in [0.4, 0.5) is 0 Å². The van der Waals surface area contributed by atoms with E-state index in [1.807, 2.05) is 6.07 Å². The van der Waals surface area contributed by atoms with Crippen LogP contribution >= 0.6 is 24.0 Å². The van der Waals surface area contributed by atoms with E-state index in [1.54, 1.807) is 21.3 Å². The lowest BCUT2D eigenvalue weighted by molar-refractivity contribution is 0.288. The Morgan fingerprint density at radius 1 is 1.10 bits per heavy atom. The molecule has 1 aromatic carbocycles. The van der Waals surface area contributed by atoms with Crippen LogP contribution in [-0.2, 0) is 15.3 Å². The van der Waals surface area contributed by atoms with Crippen molar-refractivity contribution in [3.05, 3.63) is 23.8 Å². The lowest BCUT2D eigenvalue weighted by Crippen LogP contribution is -2.46. The summed E-state index contributed by atoms with van der Waals surface area (Å²) in [5.74, 6) is 2.35. The molecule has 0 saturated heterocycles. The molecule has 0 atom stereocenters. The number of sulfone groups is 1. The smallest absolute Gasteiger partial charge is 0.191 e. The number of guanidine groups is 1. The molecule has 0 unspecified atom stereocenters. The highest BCUT2D eigenvalue weighted by Crippen LogP contribution is 2.42. The topological polar surface area (TPSA) is 89.0 Å². The number of aliphatic imine (C=N–C) groups is 1. The SMILES string of the molecule is CN=C(NCCCS(C)(=O)=O)NCC1(c2ccc(OC)c(OC)c2)CCCCC1.I. The molecule has 0 bridgehead atoms. The Morgan fingerprint density at radius 2 is 1.77 bits per heavy atom. The van der Waals surface area contributed by atoms with Crippen LogP contribution in [-0.4, -0.2) is 60.7 Å². The first kappa shape index (κ1) is 26.8. The van der Waals surface area contributed by atoms with Crippen molar-refractivity contribution in [3.8, 4) is 11.5 Å². The molecule has 172 valence electrons. The summed E-state index contributed by atoms with van der Waals surface area (Å²) in [5, 5.41) is 6.68. The Labute approximate surface area is 198 Å². The Morgan fingerprint density at radius 3 is 2.33 bits per heavy atom. The van der Waals surface area contributed by atoms with E-state index in [2.05, 4.69) is 27.8 Å². The minimum Gasteiger partial charge on any atom is -0.493 e. The van der Waals surface area contributed by atoms with E-state index >= 15 is 0 Å². The largest absolute Gasteiger partial charge is 0.493 e. The summed E-state index contributed by atoms with van der Waals surface area (Å²) in [6, 6.07) is 6.20. The van der Waals surface area contributed by atoms with E-state index in [4.69, 9.17) is 9.47 Å². The van der Waals surface area contributed by atoms with Gasteiger partial charge in [0.25, 0.3) is 0 Å². The molecule has 1 fully saturated rings. The Balaban J connectivity index is 0.00000450. The second kappa shape index (κ2) is 12.6. The normalized spacial score (nSPS) is 16.3. The van der Waals surface area contributed by atoms with Crippen LogP contribution in [0.1, 0.15) is 44.1 Å². The van der Waals surface area contributed by atoms with E-state index in [9.17, 15) is 8.42 Å². The molecule has 30 heavy (non-hydrogen) atoms. The van der Waals surface area contributed by atoms with Gasteiger partial charge in [-0.2, -0.15) is 0 Å². The summed E-state index contributed by atoms with van der Waals surface area (Å²) in [6.07, 6.45) is 7.65. The Hall–Kier alpha value is -1.23. The zero-order valence-electron chi connectivity index (χ0n) is 18.5. The summed E-state index contributed by atoms with van der Waals surface area (Å²) in [6.45, 7) is 1.32. The van der Waals surface area contributed by atoms with E-state index < -0.39 is 9.84 Å². The Bertz CT molecular complexity index is 793. The molecule has 2 N–H and O–H groups in total. The van der Waals surface area contributed by atoms with Crippen LogP contribution in [0.2, 0.25) is 0 Å². The van der Waals surface area contributed by atoms with E-state index in [1.165, 1.54) is 31.1 Å². The third-order valence-corrected chi connectivity index (χ3v) is 6.64. The van der Waals surface area contributed by atoms with Crippen molar-refractivity contribution in [1.82, 2.24) is 10.6 Å². The first-order valence-corrected chi connectivity index (χ1v) is 12.2. The number of methoxy groups -OCH3 is 2. The van der Waals surface area contributed by atoms with Crippen LogP contribution in [0, 0.1) is 0 Å². The molecule has 1 aromatic rings. The first-order valence-electron chi connectivity index (χ1n) is 10.2. The highest BCUT2D eigenvalue weighted by molar-refractivity contribution is 14.0. The third-order valence-electron chi connectivity index (χ3n) is 5.61. The second-order valence-corrected chi connectivity index (χ2v) is 10.0. The monoisotopic (exact) mass is 553 g/mol. The minimum atomic E-state index is -2.94. The maximum atomic E-state index is 11.3. The lowest BCUT2D eigenvalue weighted by Gasteiger charge is -2.38. The van der Waals surface area contributed by atoms with Gasteiger partial charge in [0.05, 0.1) is 20.0 Å². The predicted octanol–water partition coefficient (Wildman–Crippen LogP) is 3.12. The minimum absolute atomic E-state index is 0. The van der Waals surface area contributed by atoms with Gasteiger partial charge < -0.3 is 20.1 Å². The zero-order valence-corrected chi connectivity index (χ0v) is 21.6. The van der Waals surface area contributed by atoms with E-state index in [0.29, 0.717) is 18.9 Å². The fraction of sp³-hybridized carbons (Fsp3) is 0.667. The van der Waals surface area contributed by atoms with Gasteiger partial charge in [-0.15, -0.1) is 24.0 Å². The van der Waals surface area contributed by atoms with Gasteiger partial charge in [-0.3, -0.25) is 4.99 Å². The van der Waals surface area contributed by atoms with Crippen molar-refractivity contribution in [2.24, 2.45) is 4.99 Å². The molecule has 1 saturated carbocycles. The number of rotatable bonds is 9. The molecule has 0 aromatic heterocycles. The standard InChI is InChI=1S/C21H35N3O4S.HI/c1-22-20(23-13-8-14-29(4,25)26)24-16-21(11-6-5-7-12-21)17-9-10-18(27-2)19(15-17)28-3;/h9-10,15H,5-8,11-14,16H2,1-4H3,(H2,22,23,24);1H. The van der Waals surface area contributed by atoms with Gasteiger partial charge in [-0.05, 0) is 37.0 Å². The van der Waals surface area contributed by atoms with Gasteiger partial charge in [0.2, 0.25) is 0 Å². The van der Waals surface area contributed by atoms with Gasteiger partial charge in [-0.1, -0.05) is 25.3 Å². The number of ether oxygens (including phenoxy) is 2. The third kappa shape index (κ3) is 7.79. The fourth-order valence-corrected chi connectivity index (χ4v) is 4.65. The second-order valence-electron chi connectivity index (χ2n) is 7.75. The summed E-state index contributed by atoms with van der Waals surface area (Å²) in [7, 11) is 2.10. The van der Waals surface area contributed by atoms with Crippen LogP contribution in [0.25, 0.3) is 0 Å². The van der Waals surface area contributed by atoms with Crippen LogP contribution < -0.4 is 20.1 Å². The molecule has 1 aliphatic rings. The van der Waals surface area contributed by atoms with E-state index in [0.717, 1.165) is 30.9 Å². The van der Waals surface area contributed by atoms with Gasteiger partial charge in [-0.25, -0.2) is 8.42 Å². The van der Waals surface area contributed by atoms with Crippen molar-refractivity contribution >= 4 is 39.8 Å². The highest BCUT2D eigenvalue weighted by atomic mass is 127. The molecule has 2 rings (SSSR count). The van der Waals surface area contributed by atoms with Gasteiger partial charge in [0, 0.05) is 31.8 Å². The van der Waals surface area contributed by atoms with Crippen molar-refractivity contribution in [3.63, 3.8) is 0 Å². The fourth-order valence-electron chi connectivity index (χ4n) is 3.98. The summed E-state index contributed by atoms with van der Waals surface area (Å²) in [4.78, 5) is 4.29. The molecule has 0 aliphatic heterocycles. The first-order chi connectivity index (χ1) is 13.8. The number of halogens is 1. The quantitative estimate of drug-likeness (QED) is 0.212. The lowest BCUT2D eigenvalue weighted by atomic mass is 9.69. The van der Waals surface area contributed by atoms with Crippen LogP contribution in [0.3, 0.4) is 0 Å². The van der Waals surface area contributed by atoms with Gasteiger partial charge in [0.1, 0.15) is 9.84 Å². The number of nitrogens with zero attached hydrogens (tertiary/aromatic N) is 1. The number of benzene rings is 1. The zero-order chi connectivity index (χ0) is 21.3. The Kier molecular flexibility index (Phi) is 11.2. The molecule has 1 aliphatic carbocycles. The highest BCUT2D eigenvalue weighted by Gasteiger charge is 2.34. The average Bonchev–Trinajstić information content (AvgIpc) is 2.72. The molecular weight excluding hydrogens is 517 g/mol. The number of hydrogen-bond acceptors (Lipinski definition) is 5. The molecule has 7 nitrogen and oxygen atoms in total.